The maximum atomic E-state index is 13.2. The third kappa shape index (κ3) is 5.70. The minimum absolute atomic E-state index is 0.172. The molecule has 19 heavy (non-hydrogen) atoms. The van der Waals surface area contributed by atoms with Crippen LogP contribution in [0.15, 0.2) is 18.2 Å². The van der Waals surface area contributed by atoms with Gasteiger partial charge in [0.1, 0.15) is 11.6 Å². The van der Waals surface area contributed by atoms with Crippen LogP contribution in [0.3, 0.4) is 0 Å². The summed E-state index contributed by atoms with van der Waals surface area (Å²) in [4.78, 5) is 11.2. The number of rotatable bonds is 7. The lowest BCUT2D eigenvalue weighted by Gasteiger charge is -2.13. The Morgan fingerprint density at radius 3 is 2.79 bits per heavy atom. The van der Waals surface area contributed by atoms with E-state index >= 15 is 0 Å². The van der Waals surface area contributed by atoms with Gasteiger partial charge in [-0.05, 0) is 25.1 Å². The van der Waals surface area contributed by atoms with Gasteiger partial charge in [-0.15, -0.1) is 0 Å². The van der Waals surface area contributed by atoms with Crippen LogP contribution in [0.1, 0.15) is 26.3 Å². The van der Waals surface area contributed by atoms with Crippen molar-refractivity contribution < 1.29 is 18.7 Å². The van der Waals surface area contributed by atoms with Crippen LogP contribution in [-0.2, 0) is 16.1 Å². The Balaban J connectivity index is 2.67. The number of halogens is 1. The van der Waals surface area contributed by atoms with E-state index in [9.17, 15) is 9.18 Å². The fourth-order valence-corrected chi connectivity index (χ4v) is 1.48. The van der Waals surface area contributed by atoms with E-state index in [1.165, 1.54) is 18.2 Å². The van der Waals surface area contributed by atoms with Gasteiger partial charge < -0.3 is 14.8 Å². The van der Waals surface area contributed by atoms with Crippen molar-refractivity contribution in [2.75, 3.05) is 13.2 Å². The fraction of sp³-hybridized carbons (Fsp3) is 0.500. The summed E-state index contributed by atoms with van der Waals surface area (Å²) in [5.74, 6) is -0.277. The molecule has 0 atom stereocenters. The first-order valence-electron chi connectivity index (χ1n) is 6.33. The van der Waals surface area contributed by atoms with Crippen LogP contribution < -0.4 is 10.1 Å². The third-order valence-corrected chi connectivity index (χ3v) is 2.37. The smallest absolute Gasteiger partial charge is 0.344 e. The highest BCUT2D eigenvalue weighted by Gasteiger charge is 2.09. The summed E-state index contributed by atoms with van der Waals surface area (Å²) < 4.78 is 23.3. The fourth-order valence-electron chi connectivity index (χ4n) is 1.48. The number of ether oxygens (including phenoxy) is 2. The lowest BCUT2D eigenvalue weighted by atomic mass is 10.2. The summed E-state index contributed by atoms with van der Waals surface area (Å²) in [5.41, 5.74) is 0.679. The zero-order valence-electron chi connectivity index (χ0n) is 11.5. The van der Waals surface area contributed by atoms with Crippen LogP contribution in [0.5, 0.6) is 5.75 Å². The van der Waals surface area contributed by atoms with Crippen molar-refractivity contribution in [3.63, 3.8) is 0 Å². The molecular weight excluding hydrogens is 249 g/mol. The number of esters is 1. The van der Waals surface area contributed by atoms with Crippen LogP contribution in [-0.4, -0.2) is 25.2 Å². The number of benzene rings is 1. The molecule has 0 aromatic heterocycles. The van der Waals surface area contributed by atoms with Crippen LogP contribution in [0.4, 0.5) is 4.39 Å². The van der Waals surface area contributed by atoms with Gasteiger partial charge in [-0.3, -0.25) is 0 Å². The van der Waals surface area contributed by atoms with E-state index in [2.05, 4.69) is 5.32 Å². The Bertz CT molecular complexity index is 421. The Morgan fingerprint density at radius 2 is 2.16 bits per heavy atom. The van der Waals surface area contributed by atoms with Crippen molar-refractivity contribution in [1.82, 2.24) is 5.32 Å². The maximum Gasteiger partial charge on any atom is 0.344 e. The first kappa shape index (κ1) is 15.4. The van der Waals surface area contributed by atoms with Gasteiger partial charge in [0, 0.05) is 18.2 Å². The topological polar surface area (TPSA) is 47.6 Å². The van der Waals surface area contributed by atoms with E-state index in [1.807, 2.05) is 13.8 Å². The van der Waals surface area contributed by atoms with Crippen LogP contribution in [0.2, 0.25) is 0 Å². The summed E-state index contributed by atoms with van der Waals surface area (Å²) in [6.07, 6.45) is 0. The van der Waals surface area contributed by atoms with Gasteiger partial charge in [0.15, 0.2) is 6.61 Å². The first-order chi connectivity index (χ1) is 9.02. The molecule has 0 spiro atoms. The largest absolute Gasteiger partial charge is 0.482 e. The van der Waals surface area contributed by atoms with E-state index in [4.69, 9.17) is 9.47 Å². The normalized spacial score (nSPS) is 10.6. The highest BCUT2D eigenvalue weighted by atomic mass is 19.1. The molecule has 1 rings (SSSR count). The standard InChI is InChI=1S/C14H20FNO3/c1-4-18-14(17)9-19-13-6-5-12(15)7-11(13)8-16-10(2)3/h5-7,10,16H,4,8-9H2,1-3H3. The third-order valence-electron chi connectivity index (χ3n) is 2.37. The Labute approximate surface area is 112 Å². The SMILES string of the molecule is CCOC(=O)COc1ccc(F)cc1CNC(C)C. The summed E-state index contributed by atoms with van der Waals surface area (Å²) in [7, 11) is 0. The number of nitrogens with one attached hydrogen (secondary N) is 1. The van der Waals surface area contributed by atoms with Crippen molar-refractivity contribution in [2.45, 2.75) is 33.4 Å². The van der Waals surface area contributed by atoms with Crippen molar-refractivity contribution in [1.29, 1.82) is 0 Å². The zero-order valence-corrected chi connectivity index (χ0v) is 11.5. The molecule has 0 saturated heterocycles. The summed E-state index contributed by atoms with van der Waals surface area (Å²) in [5, 5.41) is 3.18. The van der Waals surface area contributed by atoms with Crippen LogP contribution >= 0.6 is 0 Å². The minimum atomic E-state index is -0.436. The predicted octanol–water partition coefficient (Wildman–Crippen LogP) is 2.27. The highest BCUT2D eigenvalue weighted by molar-refractivity contribution is 5.71. The van der Waals surface area contributed by atoms with Crippen molar-refractivity contribution in [3.8, 4) is 5.75 Å². The molecule has 4 nitrogen and oxygen atoms in total. The molecule has 1 N–H and O–H groups in total. The first-order valence-corrected chi connectivity index (χ1v) is 6.33. The van der Waals surface area contributed by atoms with Gasteiger partial charge in [0.2, 0.25) is 0 Å². The lowest BCUT2D eigenvalue weighted by molar-refractivity contribution is -0.145. The monoisotopic (exact) mass is 269 g/mol. The van der Waals surface area contributed by atoms with Gasteiger partial charge in [-0.2, -0.15) is 0 Å². The number of hydrogen-bond acceptors (Lipinski definition) is 4. The second-order valence-corrected chi connectivity index (χ2v) is 4.38. The molecule has 0 radical (unpaired) electrons. The van der Waals surface area contributed by atoms with Crippen LogP contribution in [0, 0.1) is 5.82 Å². The van der Waals surface area contributed by atoms with Gasteiger partial charge in [0.05, 0.1) is 6.61 Å². The van der Waals surface area contributed by atoms with Gasteiger partial charge in [-0.25, -0.2) is 9.18 Å². The number of carbonyl (C=O) groups excluding carboxylic acids is 1. The van der Waals surface area contributed by atoms with E-state index in [-0.39, 0.29) is 18.5 Å². The summed E-state index contributed by atoms with van der Waals surface area (Å²) >= 11 is 0. The molecule has 0 aliphatic rings. The molecular formula is C14H20FNO3. The molecule has 1 aromatic rings. The molecule has 106 valence electrons. The molecule has 0 bridgehead atoms. The van der Waals surface area contributed by atoms with Gasteiger partial charge in [0.25, 0.3) is 0 Å². The van der Waals surface area contributed by atoms with E-state index in [0.29, 0.717) is 24.5 Å². The Kier molecular flexibility index (Phi) is 6.29. The average molecular weight is 269 g/mol. The highest BCUT2D eigenvalue weighted by Crippen LogP contribution is 2.19. The number of hydrogen-bond donors (Lipinski definition) is 1. The van der Waals surface area contributed by atoms with E-state index < -0.39 is 5.97 Å². The average Bonchev–Trinajstić information content (AvgIpc) is 2.35. The predicted molar refractivity (Wildman–Crippen MR) is 70.5 cm³/mol. The summed E-state index contributed by atoms with van der Waals surface area (Å²) in [6, 6.07) is 4.50. The molecule has 0 heterocycles. The maximum absolute atomic E-state index is 13.2. The molecule has 5 heteroatoms. The van der Waals surface area contributed by atoms with Crippen molar-refractivity contribution in [2.24, 2.45) is 0 Å². The molecule has 0 saturated carbocycles. The Morgan fingerprint density at radius 1 is 1.42 bits per heavy atom. The van der Waals surface area contributed by atoms with Crippen molar-refractivity contribution in [3.05, 3.63) is 29.6 Å². The quantitative estimate of drug-likeness (QED) is 0.771. The minimum Gasteiger partial charge on any atom is -0.482 e. The second kappa shape index (κ2) is 7.74. The van der Waals surface area contributed by atoms with Gasteiger partial charge in [-0.1, -0.05) is 13.8 Å². The Hall–Kier alpha value is -1.62. The molecule has 0 aliphatic heterocycles. The zero-order chi connectivity index (χ0) is 14.3. The number of carbonyl (C=O) groups is 1. The van der Waals surface area contributed by atoms with Crippen molar-refractivity contribution >= 4 is 5.97 Å². The molecule has 0 unspecified atom stereocenters. The lowest BCUT2D eigenvalue weighted by Crippen LogP contribution is -2.23. The molecule has 0 aliphatic carbocycles. The van der Waals surface area contributed by atoms with Crippen LogP contribution in [0.25, 0.3) is 0 Å². The molecule has 0 amide bonds. The second-order valence-electron chi connectivity index (χ2n) is 4.38. The molecule has 1 aromatic carbocycles. The summed E-state index contributed by atoms with van der Waals surface area (Å²) in [6.45, 7) is 6.35. The van der Waals surface area contributed by atoms with Gasteiger partial charge >= 0.3 is 5.97 Å². The van der Waals surface area contributed by atoms with E-state index in [1.54, 1.807) is 6.92 Å². The molecule has 0 fully saturated rings. The van der Waals surface area contributed by atoms with E-state index in [0.717, 1.165) is 0 Å².